The van der Waals surface area contributed by atoms with E-state index in [1.807, 2.05) is 44.2 Å². The normalized spacial score (nSPS) is 14.4. The number of methoxy groups -OCH3 is 1. The number of carbonyl (C=O) groups is 2. The average molecular weight is 396 g/mol. The molecule has 1 N–H and O–H groups in total. The van der Waals surface area contributed by atoms with Gasteiger partial charge in [0.05, 0.1) is 12.7 Å². The lowest BCUT2D eigenvalue weighted by Crippen LogP contribution is -2.47. The molecule has 0 atom stereocenters. The van der Waals surface area contributed by atoms with E-state index in [-0.39, 0.29) is 24.5 Å². The Morgan fingerprint density at radius 3 is 2.48 bits per heavy atom. The van der Waals surface area contributed by atoms with Crippen molar-refractivity contribution < 1.29 is 19.1 Å². The topological polar surface area (TPSA) is 67.9 Å². The Morgan fingerprint density at radius 2 is 1.79 bits per heavy atom. The summed E-state index contributed by atoms with van der Waals surface area (Å²) in [6.45, 7) is 5.30. The smallest absolute Gasteiger partial charge is 0.260 e. The van der Waals surface area contributed by atoms with Gasteiger partial charge < -0.3 is 19.7 Å². The summed E-state index contributed by atoms with van der Waals surface area (Å²) < 4.78 is 10.9. The van der Waals surface area contributed by atoms with Crippen molar-refractivity contribution >= 4 is 11.8 Å². The minimum atomic E-state index is -0.148. The number of para-hydroxylation sites is 1. The maximum absolute atomic E-state index is 12.5. The van der Waals surface area contributed by atoms with Crippen molar-refractivity contribution in [1.82, 2.24) is 10.2 Å². The monoisotopic (exact) mass is 396 g/mol. The Morgan fingerprint density at radius 1 is 1.07 bits per heavy atom. The maximum atomic E-state index is 12.5. The van der Waals surface area contributed by atoms with Gasteiger partial charge in [0.15, 0.2) is 6.61 Å². The van der Waals surface area contributed by atoms with Gasteiger partial charge in [-0.1, -0.05) is 18.2 Å². The van der Waals surface area contributed by atoms with Crippen molar-refractivity contribution in [2.24, 2.45) is 0 Å². The van der Waals surface area contributed by atoms with E-state index in [2.05, 4.69) is 5.32 Å². The van der Waals surface area contributed by atoms with E-state index in [0.29, 0.717) is 30.2 Å². The van der Waals surface area contributed by atoms with Crippen molar-refractivity contribution in [1.29, 1.82) is 0 Å². The van der Waals surface area contributed by atoms with Crippen LogP contribution in [0.3, 0.4) is 0 Å². The molecule has 0 spiro atoms. The molecule has 29 heavy (non-hydrogen) atoms. The molecule has 0 radical (unpaired) electrons. The molecule has 1 heterocycles. The van der Waals surface area contributed by atoms with Gasteiger partial charge in [0, 0.05) is 19.1 Å². The number of benzene rings is 2. The first kappa shape index (κ1) is 20.7. The minimum absolute atomic E-state index is 0.0285. The molecule has 0 aromatic heterocycles. The van der Waals surface area contributed by atoms with Crippen molar-refractivity contribution in [3.05, 3.63) is 59.2 Å². The fourth-order valence-corrected chi connectivity index (χ4v) is 3.41. The molecule has 1 fully saturated rings. The van der Waals surface area contributed by atoms with Crippen LogP contribution in [0.2, 0.25) is 0 Å². The highest BCUT2D eigenvalue weighted by molar-refractivity contribution is 5.97. The molecule has 6 nitrogen and oxygen atoms in total. The first-order valence-corrected chi connectivity index (χ1v) is 9.89. The Balaban J connectivity index is 1.46. The Labute approximate surface area is 171 Å². The van der Waals surface area contributed by atoms with Crippen LogP contribution in [0.25, 0.3) is 0 Å². The third-order valence-corrected chi connectivity index (χ3v) is 5.38. The Bertz CT molecular complexity index is 873. The van der Waals surface area contributed by atoms with Crippen molar-refractivity contribution in [3.63, 3.8) is 0 Å². The molecule has 1 aliphatic heterocycles. The van der Waals surface area contributed by atoms with E-state index < -0.39 is 0 Å². The predicted octanol–water partition coefficient (Wildman–Crippen LogP) is 3.11. The van der Waals surface area contributed by atoms with Gasteiger partial charge in [0.2, 0.25) is 0 Å². The number of nitrogens with one attached hydrogen (secondary N) is 1. The van der Waals surface area contributed by atoms with E-state index in [1.165, 1.54) is 5.56 Å². The summed E-state index contributed by atoms with van der Waals surface area (Å²) in [7, 11) is 1.55. The largest absolute Gasteiger partial charge is 0.496 e. The number of amides is 2. The van der Waals surface area contributed by atoms with Crippen LogP contribution in [-0.4, -0.2) is 49.6 Å². The lowest BCUT2D eigenvalue weighted by molar-refractivity contribution is -0.134. The van der Waals surface area contributed by atoms with E-state index in [0.717, 1.165) is 18.4 Å². The highest BCUT2D eigenvalue weighted by Crippen LogP contribution is 2.19. The maximum Gasteiger partial charge on any atom is 0.260 e. The molecule has 2 amide bonds. The average Bonchev–Trinajstić information content (AvgIpc) is 2.74. The van der Waals surface area contributed by atoms with Gasteiger partial charge in [-0.25, -0.2) is 0 Å². The molecule has 2 aromatic rings. The summed E-state index contributed by atoms with van der Waals surface area (Å²) in [5.41, 5.74) is 2.86. The second-order valence-corrected chi connectivity index (χ2v) is 7.36. The van der Waals surface area contributed by atoms with Gasteiger partial charge in [-0.05, 0) is 62.1 Å². The van der Waals surface area contributed by atoms with Gasteiger partial charge in [0.1, 0.15) is 11.5 Å². The molecule has 1 saturated heterocycles. The van der Waals surface area contributed by atoms with Crippen molar-refractivity contribution in [2.75, 3.05) is 26.8 Å². The van der Waals surface area contributed by atoms with E-state index in [1.54, 1.807) is 24.1 Å². The summed E-state index contributed by atoms with van der Waals surface area (Å²) in [4.78, 5) is 26.8. The Kier molecular flexibility index (Phi) is 6.75. The second kappa shape index (κ2) is 9.45. The van der Waals surface area contributed by atoms with Gasteiger partial charge in [-0.3, -0.25) is 9.59 Å². The fourth-order valence-electron chi connectivity index (χ4n) is 3.41. The molecule has 6 heteroatoms. The van der Waals surface area contributed by atoms with Crippen LogP contribution in [0.4, 0.5) is 0 Å². The Hall–Kier alpha value is -3.02. The number of ether oxygens (including phenoxy) is 2. The number of hydrogen-bond acceptors (Lipinski definition) is 4. The molecule has 2 aromatic carbocycles. The number of likely N-dealkylation sites (tertiary alicyclic amines) is 1. The van der Waals surface area contributed by atoms with E-state index in [4.69, 9.17) is 9.47 Å². The van der Waals surface area contributed by atoms with Crippen LogP contribution in [0.15, 0.2) is 42.5 Å². The summed E-state index contributed by atoms with van der Waals surface area (Å²) in [6, 6.07) is 13.0. The van der Waals surface area contributed by atoms with Crippen molar-refractivity contribution in [3.8, 4) is 11.5 Å². The lowest BCUT2D eigenvalue weighted by atomic mass is 10.0. The first-order chi connectivity index (χ1) is 14.0. The zero-order chi connectivity index (χ0) is 20.8. The summed E-state index contributed by atoms with van der Waals surface area (Å²) in [5, 5.41) is 3.05. The number of nitrogens with zero attached hydrogens (tertiary/aromatic N) is 1. The molecule has 0 bridgehead atoms. The van der Waals surface area contributed by atoms with Crippen LogP contribution in [0, 0.1) is 13.8 Å². The van der Waals surface area contributed by atoms with Gasteiger partial charge in [-0.2, -0.15) is 0 Å². The molecule has 154 valence electrons. The van der Waals surface area contributed by atoms with E-state index >= 15 is 0 Å². The number of rotatable bonds is 6. The quantitative estimate of drug-likeness (QED) is 0.815. The zero-order valence-corrected chi connectivity index (χ0v) is 17.2. The van der Waals surface area contributed by atoms with Crippen LogP contribution < -0.4 is 14.8 Å². The molecule has 0 aliphatic carbocycles. The molecule has 3 rings (SSSR count). The molecule has 0 unspecified atom stereocenters. The predicted molar refractivity (Wildman–Crippen MR) is 111 cm³/mol. The van der Waals surface area contributed by atoms with Crippen LogP contribution in [0.5, 0.6) is 11.5 Å². The number of aryl methyl sites for hydroxylation is 2. The fraction of sp³-hybridized carbons (Fsp3) is 0.391. The minimum Gasteiger partial charge on any atom is -0.496 e. The molecular weight excluding hydrogens is 368 g/mol. The number of piperidine rings is 1. The molecule has 0 saturated carbocycles. The van der Waals surface area contributed by atoms with Crippen LogP contribution in [0.1, 0.15) is 34.3 Å². The van der Waals surface area contributed by atoms with Crippen molar-refractivity contribution in [2.45, 2.75) is 32.7 Å². The van der Waals surface area contributed by atoms with Crippen LogP contribution >= 0.6 is 0 Å². The summed E-state index contributed by atoms with van der Waals surface area (Å²) >= 11 is 0. The van der Waals surface area contributed by atoms with Gasteiger partial charge in [-0.15, -0.1) is 0 Å². The first-order valence-electron chi connectivity index (χ1n) is 9.89. The van der Waals surface area contributed by atoms with Crippen LogP contribution in [-0.2, 0) is 4.79 Å². The molecule has 1 aliphatic rings. The highest BCUT2D eigenvalue weighted by atomic mass is 16.5. The zero-order valence-electron chi connectivity index (χ0n) is 17.2. The summed E-state index contributed by atoms with van der Waals surface area (Å²) in [6.07, 6.45) is 1.44. The standard InChI is InChI=1S/C23H28N2O4/c1-16-8-9-19(14-17(16)2)29-15-22(26)25-12-10-18(11-13-25)24-23(27)20-6-4-5-7-21(20)28-3/h4-9,14,18H,10-13,15H2,1-3H3,(H,24,27). The van der Waals surface area contributed by atoms with Gasteiger partial charge >= 0.3 is 0 Å². The number of hydrogen-bond donors (Lipinski definition) is 1. The lowest BCUT2D eigenvalue weighted by Gasteiger charge is -2.32. The highest BCUT2D eigenvalue weighted by Gasteiger charge is 2.25. The summed E-state index contributed by atoms with van der Waals surface area (Å²) in [5.74, 6) is 1.09. The SMILES string of the molecule is COc1ccccc1C(=O)NC1CCN(C(=O)COc2ccc(C)c(C)c2)CC1. The van der Waals surface area contributed by atoms with Gasteiger partial charge in [0.25, 0.3) is 11.8 Å². The third kappa shape index (κ3) is 5.28. The second-order valence-electron chi connectivity index (χ2n) is 7.36. The third-order valence-electron chi connectivity index (χ3n) is 5.38. The number of carbonyl (C=O) groups excluding carboxylic acids is 2. The molecular formula is C23H28N2O4. The van der Waals surface area contributed by atoms with E-state index in [9.17, 15) is 9.59 Å².